The fourth-order valence-corrected chi connectivity index (χ4v) is 4.13. The average Bonchev–Trinajstić information content (AvgIpc) is 2.74. The number of anilines is 1. The van der Waals surface area contributed by atoms with Gasteiger partial charge < -0.3 is 15.9 Å². The molecule has 138 valence electrons. The number of benzene rings is 2. The minimum Gasteiger partial charge on any atom is -0.497 e. The van der Waals surface area contributed by atoms with Crippen LogP contribution in [0.3, 0.4) is 0 Å². The van der Waals surface area contributed by atoms with Crippen molar-refractivity contribution in [1.82, 2.24) is 0 Å². The van der Waals surface area contributed by atoms with E-state index in [0.29, 0.717) is 5.71 Å². The molecule has 2 aromatic rings. The molecule has 0 saturated heterocycles. The van der Waals surface area contributed by atoms with Crippen LogP contribution in [0, 0.1) is 5.41 Å². The second-order valence-electron chi connectivity index (χ2n) is 6.50. The number of ether oxygens (including phenoxy) is 1. The number of hydrogen-bond donors (Lipinski definition) is 2. The lowest BCUT2D eigenvalue weighted by atomic mass is 10.0. The zero-order valence-electron chi connectivity index (χ0n) is 15.5. The predicted octanol–water partition coefficient (Wildman–Crippen LogP) is 5.85. The number of hydrogen-bond acceptors (Lipinski definition) is 4. The maximum Gasteiger partial charge on any atom is 0.118 e. The van der Waals surface area contributed by atoms with Crippen LogP contribution in [0.2, 0.25) is 0 Å². The van der Waals surface area contributed by atoms with Crippen molar-refractivity contribution in [3.8, 4) is 5.75 Å². The summed E-state index contributed by atoms with van der Waals surface area (Å²) in [7, 11) is 1.67. The summed E-state index contributed by atoms with van der Waals surface area (Å²) in [6, 6.07) is 16.1. The summed E-state index contributed by atoms with van der Waals surface area (Å²) in [4.78, 5) is 2.32. The molecule has 4 heteroatoms. The van der Waals surface area contributed by atoms with Crippen LogP contribution >= 0.6 is 11.8 Å². The van der Waals surface area contributed by atoms with Crippen molar-refractivity contribution in [2.45, 2.75) is 0 Å². The molecular formula is C24H20N2OS. The summed E-state index contributed by atoms with van der Waals surface area (Å²) in [5.41, 5.74) is 11.6. The van der Waals surface area contributed by atoms with Gasteiger partial charge in [-0.1, -0.05) is 48.2 Å². The Hall–Kier alpha value is -3.24. The third-order valence-electron chi connectivity index (χ3n) is 4.58. The van der Waals surface area contributed by atoms with Crippen LogP contribution in [0.1, 0.15) is 11.1 Å². The molecule has 4 rings (SSSR count). The van der Waals surface area contributed by atoms with E-state index in [1.54, 1.807) is 18.9 Å². The van der Waals surface area contributed by atoms with E-state index in [2.05, 4.69) is 36.4 Å². The molecule has 0 amide bonds. The van der Waals surface area contributed by atoms with Gasteiger partial charge in [-0.05, 0) is 70.8 Å². The fraction of sp³-hybridized carbons (Fsp3) is 0.0417. The van der Waals surface area contributed by atoms with Gasteiger partial charge in [-0.2, -0.15) is 0 Å². The highest BCUT2D eigenvalue weighted by atomic mass is 32.2. The number of nitrogen functional groups attached to an aromatic ring is 1. The van der Waals surface area contributed by atoms with Gasteiger partial charge in [0.05, 0.1) is 12.8 Å². The molecule has 0 saturated carbocycles. The van der Waals surface area contributed by atoms with Crippen LogP contribution in [0.5, 0.6) is 5.75 Å². The second-order valence-corrected chi connectivity index (χ2v) is 7.59. The second kappa shape index (κ2) is 7.79. The summed E-state index contributed by atoms with van der Waals surface area (Å²) in [6.45, 7) is 0. The van der Waals surface area contributed by atoms with Gasteiger partial charge >= 0.3 is 0 Å². The Kier molecular flexibility index (Phi) is 5.04. The molecule has 1 heterocycles. The summed E-state index contributed by atoms with van der Waals surface area (Å²) in [6.07, 6.45) is 12.1. The van der Waals surface area contributed by atoms with Crippen molar-refractivity contribution < 1.29 is 4.74 Å². The zero-order chi connectivity index (χ0) is 19.5. The van der Waals surface area contributed by atoms with Gasteiger partial charge in [0.2, 0.25) is 0 Å². The molecule has 0 bridgehead atoms. The van der Waals surface area contributed by atoms with Crippen LogP contribution in [-0.4, -0.2) is 12.8 Å². The quantitative estimate of drug-likeness (QED) is 0.653. The molecule has 0 aromatic heterocycles. The first-order valence-electron chi connectivity index (χ1n) is 8.93. The predicted molar refractivity (Wildman–Crippen MR) is 120 cm³/mol. The molecule has 0 fully saturated rings. The lowest BCUT2D eigenvalue weighted by molar-refractivity contribution is 0.415. The Morgan fingerprint density at radius 2 is 1.46 bits per heavy atom. The van der Waals surface area contributed by atoms with Gasteiger partial charge in [0.1, 0.15) is 5.75 Å². The number of allylic oxidation sites excluding steroid dienone is 8. The SMILES string of the molecule is COc1ccc(C2=CC(=C3C=CC(=N)C=C3)SC(c3ccc(N)cc3)=C2)cc1. The van der Waals surface area contributed by atoms with E-state index >= 15 is 0 Å². The number of rotatable bonds is 3. The van der Waals surface area contributed by atoms with Crippen molar-refractivity contribution in [2.75, 3.05) is 12.8 Å². The Bertz CT molecular complexity index is 1050. The number of nitrogens with one attached hydrogen (secondary N) is 1. The monoisotopic (exact) mass is 384 g/mol. The van der Waals surface area contributed by atoms with Crippen LogP contribution in [-0.2, 0) is 0 Å². The van der Waals surface area contributed by atoms with Gasteiger partial charge in [-0.25, -0.2) is 0 Å². The van der Waals surface area contributed by atoms with Crippen LogP contribution in [0.25, 0.3) is 10.5 Å². The first-order chi connectivity index (χ1) is 13.6. The fourth-order valence-electron chi connectivity index (χ4n) is 3.02. The molecule has 0 radical (unpaired) electrons. The average molecular weight is 385 g/mol. The third kappa shape index (κ3) is 3.87. The van der Waals surface area contributed by atoms with Gasteiger partial charge in [-0.3, -0.25) is 0 Å². The van der Waals surface area contributed by atoms with Gasteiger partial charge in [0, 0.05) is 15.5 Å². The van der Waals surface area contributed by atoms with E-state index in [9.17, 15) is 0 Å². The number of methoxy groups -OCH3 is 1. The minimum atomic E-state index is 0.513. The van der Waals surface area contributed by atoms with Crippen LogP contribution in [0.15, 0.2) is 95.5 Å². The molecule has 0 unspecified atom stereocenters. The van der Waals surface area contributed by atoms with Crippen LogP contribution < -0.4 is 10.5 Å². The van der Waals surface area contributed by atoms with Crippen LogP contribution in [0.4, 0.5) is 5.69 Å². The molecule has 3 N–H and O–H groups in total. The lowest BCUT2D eigenvalue weighted by Gasteiger charge is -2.19. The molecule has 1 aliphatic carbocycles. The largest absolute Gasteiger partial charge is 0.497 e. The van der Waals surface area contributed by atoms with E-state index in [1.165, 1.54) is 4.91 Å². The van der Waals surface area contributed by atoms with Gasteiger partial charge in [0.15, 0.2) is 0 Å². The normalized spacial score (nSPS) is 16.1. The number of thioether (sulfide) groups is 1. The molecule has 28 heavy (non-hydrogen) atoms. The molecule has 1 aliphatic heterocycles. The zero-order valence-corrected chi connectivity index (χ0v) is 16.3. The topological polar surface area (TPSA) is 59.1 Å². The van der Waals surface area contributed by atoms with Crippen molar-refractivity contribution >= 4 is 33.6 Å². The van der Waals surface area contributed by atoms with Gasteiger partial charge in [-0.15, -0.1) is 0 Å². The van der Waals surface area contributed by atoms with Crippen molar-refractivity contribution in [3.05, 3.63) is 107 Å². The molecule has 0 spiro atoms. The van der Waals surface area contributed by atoms with Crippen molar-refractivity contribution in [2.24, 2.45) is 0 Å². The Morgan fingerprint density at radius 3 is 2.11 bits per heavy atom. The van der Waals surface area contributed by atoms with E-state index in [1.807, 2.05) is 48.6 Å². The first-order valence-corrected chi connectivity index (χ1v) is 9.74. The highest BCUT2D eigenvalue weighted by Gasteiger charge is 2.16. The molecule has 0 atom stereocenters. The maximum absolute atomic E-state index is 7.75. The van der Waals surface area contributed by atoms with Crippen molar-refractivity contribution in [3.63, 3.8) is 0 Å². The Labute approximate surface area is 169 Å². The number of nitrogens with two attached hydrogens (primary N) is 1. The summed E-state index contributed by atoms with van der Waals surface area (Å²) in [5, 5.41) is 7.75. The summed E-state index contributed by atoms with van der Waals surface area (Å²) in [5.74, 6) is 0.840. The standard InChI is InChI=1S/C24H20N2OS/c1-27-22-12-6-16(7-13-22)19-14-23(17-2-8-20(25)9-3-17)28-24(15-19)18-4-10-21(26)11-5-18/h2-15,25H,26H2,1H3. The van der Waals surface area contributed by atoms with E-state index < -0.39 is 0 Å². The summed E-state index contributed by atoms with van der Waals surface area (Å²) >= 11 is 1.73. The molecule has 2 aromatic carbocycles. The Balaban J connectivity index is 1.80. The summed E-state index contributed by atoms with van der Waals surface area (Å²) < 4.78 is 5.29. The van der Waals surface area contributed by atoms with Gasteiger partial charge in [0.25, 0.3) is 0 Å². The van der Waals surface area contributed by atoms with E-state index in [4.69, 9.17) is 15.9 Å². The Morgan fingerprint density at radius 1 is 0.821 bits per heavy atom. The third-order valence-corrected chi connectivity index (χ3v) is 5.73. The maximum atomic E-state index is 7.75. The molecule has 2 aliphatic rings. The minimum absolute atomic E-state index is 0.513. The first kappa shape index (κ1) is 18.1. The van der Waals surface area contributed by atoms with E-state index in [-0.39, 0.29) is 0 Å². The van der Waals surface area contributed by atoms with E-state index in [0.717, 1.165) is 38.6 Å². The highest BCUT2D eigenvalue weighted by molar-refractivity contribution is 8.12. The van der Waals surface area contributed by atoms with Crippen molar-refractivity contribution in [1.29, 1.82) is 5.41 Å². The lowest BCUT2D eigenvalue weighted by Crippen LogP contribution is -1.97. The highest BCUT2D eigenvalue weighted by Crippen LogP contribution is 2.44. The molecular weight excluding hydrogens is 364 g/mol. The molecule has 3 nitrogen and oxygen atoms in total. The smallest absolute Gasteiger partial charge is 0.118 e.